The first-order chi connectivity index (χ1) is 8.19. The molecule has 2 aromatic rings. The Morgan fingerprint density at radius 3 is 2.94 bits per heavy atom. The number of nitrogens with one attached hydrogen (secondary N) is 2. The van der Waals surface area contributed by atoms with Crippen LogP contribution in [0.15, 0.2) is 11.2 Å². The van der Waals surface area contributed by atoms with E-state index >= 15 is 0 Å². The minimum Gasteiger partial charge on any atom is -0.360 e. The molecule has 0 saturated carbocycles. The lowest BCUT2D eigenvalue weighted by molar-refractivity contribution is 0.781. The Labute approximate surface area is 107 Å². The molecule has 0 aliphatic carbocycles. The van der Waals surface area contributed by atoms with Crippen molar-refractivity contribution >= 4 is 29.2 Å². The summed E-state index contributed by atoms with van der Waals surface area (Å²) in [5, 5.41) is 17.8. The van der Waals surface area contributed by atoms with Gasteiger partial charge in [-0.3, -0.25) is 0 Å². The zero-order chi connectivity index (χ0) is 12.3. The summed E-state index contributed by atoms with van der Waals surface area (Å²) in [4.78, 5) is 8.32. The summed E-state index contributed by atoms with van der Waals surface area (Å²) in [6, 6.07) is 1.53. The van der Waals surface area contributed by atoms with E-state index < -0.39 is 0 Å². The first-order valence-electron chi connectivity index (χ1n) is 4.77. The van der Waals surface area contributed by atoms with E-state index in [1.165, 1.54) is 11.8 Å². The van der Waals surface area contributed by atoms with Gasteiger partial charge in [0.2, 0.25) is 0 Å². The summed E-state index contributed by atoms with van der Waals surface area (Å²) in [6.07, 6.45) is 1.89. The maximum Gasteiger partial charge on any atom is 0.196 e. The zero-order valence-electron chi connectivity index (χ0n) is 9.18. The van der Waals surface area contributed by atoms with Gasteiger partial charge in [0.05, 0.1) is 6.04 Å². The predicted octanol–water partition coefficient (Wildman–Crippen LogP) is 1.54. The van der Waals surface area contributed by atoms with Gasteiger partial charge in [-0.25, -0.2) is 9.97 Å². The molecule has 1 atom stereocenters. The second-order valence-corrected chi connectivity index (χ2v) is 4.36. The molecule has 0 amide bonds. The summed E-state index contributed by atoms with van der Waals surface area (Å²) in [6.45, 7) is 1.90. The zero-order valence-corrected chi connectivity index (χ0v) is 10.7. The van der Waals surface area contributed by atoms with Crippen molar-refractivity contribution in [3.8, 4) is 0 Å². The van der Waals surface area contributed by atoms with Crippen molar-refractivity contribution < 1.29 is 0 Å². The average molecular weight is 272 g/mol. The van der Waals surface area contributed by atoms with Gasteiger partial charge in [-0.05, 0) is 13.2 Å². The van der Waals surface area contributed by atoms with Crippen LogP contribution < -0.4 is 5.32 Å². The molecule has 0 saturated heterocycles. The molecule has 1 unspecified atom stereocenters. The van der Waals surface area contributed by atoms with E-state index in [1.807, 2.05) is 13.2 Å². The molecule has 17 heavy (non-hydrogen) atoms. The standard InChI is InChI=1S/C8H10ClN7S/c1-4(7-13-15-16-14-7)10-6-3-5(9)11-8(12-6)17-2/h3-4H,1-2H3,(H,10,11,12)(H,13,14,15,16). The molecule has 0 radical (unpaired) electrons. The number of aromatic amines is 1. The summed E-state index contributed by atoms with van der Waals surface area (Å²) in [5.74, 6) is 1.19. The summed E-state index contributed by atoms with van der Waals surface area (Å²) < 4.78 is 0. The van der Waals surface area contributed by atoms with Crippen molar-refractivity contribution in [3.05, 3.63) is 17.0 Å². The van der Waals surface area contributed by atoms with Crippen LogP contribution in [-0.2, 0) is 0 Å². The molecule has 0 aliphatic heterocycles. The first kappa shape index (κ1) is 12.1. The SMILES string of the molecule is CSc1nc(Cl)cc(NC(C)c2nn[nH]n2)n1. The highest BCUT2D eigenvalue weighted by Crippen LogP contribution is 2.20. The molecule has 0 fully saturated rings. The quantitative estimate of drug-likeness (QED) is 0.495. The van der Waals surface area contributed by atoms with Gasteiger partial charge in [0.1, 0.15) is 11.0 Å². The van der Waals surface area contributed by atoms with Crippen LogP contribution in [0.4, 0.5) is 5.82 Å². The van der Waals surface area contributed by atoms with E-state index in [-0.39, 0.29) is 6.04 Å². The molecular formula is C8H10ClN7S. The molecule has 0 bridgehead atoms. The van der Waals surface area contributed by atoms with Crippen molar-refractivity contribution in [2.24, 2.45) is 0 Å². The third kappa shape index (κ3) is 3.04. The monoisotopic (exact) mass is 271 g/mol. The number of thioether (sulfide) groups is 1. The van der Waals surface area contributed by atoms with Crippen LogP contribution in [0.5, 0.6) is 0 Å². The summed E-state index contributed by atoms with van der Waals surface area (Å²) >= 11 is 7.31. The van der Waals surface area contributed by atoms with Crippen LogP contribution in [-0.4, -0.2) is 36.8 Å². The van der Waals surface area contributed by atoms with Gasteiger partial charge in [0.25, 0.3) is 0 Å². The fourth-order valence-corrected chi connectivity index (χ4v) is 1.81. The highest BCUT2D eigenvalue weighted by molar-refractivity contribution is 7.98. The van der Waals surface area contributed by atoms with Crippen LogP contribution in [0, 0.1) is 0 Å². The second-order valence-electron chi connectivity index (χ2n) is 3.20. The molecule has 0 aromatic carbocycles. The Balaban J connectivity index is 2.15. The van der Waals surface area contributed by atoms with Crippen LogP contribution in [0.1, 0.15) is 18.8 Å². The van der Waals surface area contributed by atoms with Crippen molar-refractivity contribution in [2.45, 2.75) is 18.1 Å². The fourth-order valence-electron chi connectivity index (χ4n) is 1.20. The number of H-pyrrole nitrogens is 1. The Morgan fingerprint density at radius 2 is 2.29 bits per heavy atom. The Kier molecular flexibility index (Phi) is 3.75. The smallest absolute Gasteiger partial charge is 0.196 e. The highest BCUT2D eigenvalue weighted by Gasteiger charge is 2.11. The van der Waals surface area contributed by atoms with Gasteiger partial charge in [-0.15, -0.1) is 10.2 Å². The Morgan fingerprint density at radius 1 is 1.47 bits per heavy atom. The van der Waals surface area contributed by atoms with Gasteiger partial charge >= 0.3 is 0 Å². The van der Waals surface area contributed by atoms with Crippen LogP contribution >= 0.6 is 23.4 Å². The van der Waals surface area contributed by atoms with Gasteiger partial charge < -0.3 is 5.32 Å². The average Bonchev–Trinajstić information content (AvgIpc) is 2.81. The van der Waals surface area contributed by atoms with E-state index in [1.54, 1.807) is 6.07 Å². The first-order valence-corrected chi connectivity index (χ1v) is 6.37. The van der Waals surface area contributed by atoms with Crippen LogP contribution in [0.2, 0.25) is 5.15 Å². The Hall–Kier alpha value is -1.41. The van der Waals surface area contributed by atoms with E-state index in [2.05, 4.69) is 35.9 Å². The fraction of sp³-hybridized carbons (Fsp3) is 0.375. The second kappa shape index (κ2) is 5.28. The van der Waals surface area contributed by atoms with Gasteiger partial charge in [0, 0.05) is 6.07 Å². The number of tetrazole rings is 1. The molecule has 0 spiro atoms. The number of hydrogen-bond donors (Lipinski definition) is 2. The largest absolute Gasteiger partial charge is 0.360 e. The molecule has 2 heterocycles. The lowest BCUT2D eigenvalue weighted by Gasteiger charge is -2.11. The van der Waals surface area contributed by atoms with Crippen molar-refractivity contribution in [1.82, 2.24) is 30.6 Å². The highest BCUT2D eigenvalue weighted by atomic mass is 35.5. The van der Waals surface area contributed by atoms with Gasteiger partial charge in [-0.1, -0.05) is 28.6 Å². The number of hydrogen-bond acceptors (Lipinski definition) is 7. The molecule has 2 aromatic heterocycles. The van der Waals surface area contributed by atoms with Crippen molar-refractivity contribution in [3.63, 3.8) is 0 Å². The number of halogens is 1. The van der Waals surface area contributed by atoms with Crippen LogP contribution in [0.25, 0.3) is 0 Å². The summed E-state index contributed by atoms with van der Waals surface area (Å²) in [7, 11) is 0. The maximum atomic E-state index is 5.88. The number of nitrogens with zero attached hydrogens (tertiary/aromatic N) is 5. The predicted molar refractivity (Wildman–Crippen MR) is 65.0 cm³/mol. The third-order valence-corrected chi connectivity index (χ3v) is 2.71. The molecule has 0 aliphatic rings. The molecule has 9 heteroatoms. The molecular weight excluding hydrogens is 262 g/mol. The number of rotatable bonds is 4. The molecule has 2 rings (SSSR count). The number of anilines is 1. The van der Waals surface area contributed by atoms with E-state index in [4.69, 9.17) is 11.6 Å². The topological polar surface area (TPSA) is 92.3 Å². The minimum atomic E-state index is -0.116. The maximum absolute atomic E-state index is 5.88. The summed E-state index contributed by atoms with van der Waals surface area (Å²) in [5.41, 5.74) is 0. The minimum absolute atomic E-state index is 0.116. The van der Waals surface area contributed by atoms with E-state index in [0.717, 1.165) is 0 Å². The lowest BCUT2D eigenvalue weighted by Crippen LogP contribution is -2.10. The number of aromatic nitrogens is 6. The lowest BCUT2D eigenvalue weighted by atomic mass is 10.3. The molecule has 2 N–H and O–H groups in total. The Bertz CT molecular complexity index is 489. The van der Waals surface area contributed by atoms with E-state index in [0.29, 0.717) is 22.0 Å². The van der Waals surface area contributed by atoms with E-state index in [9.17, 15) is 0 Å². The molecule has 7 nitrogen and oxygen atoms in total. The molecule has 90 valence electrons. The van der Waals surface area contributed by atoms with Crippen LogP contribution in [0.3, 0.4) is 0 Å². The third-order valence-electron chi connectivity index (χ3n) is 1.97. The normalized spacial score (nSPS) is 12.4. The van der Waals surface area contributed by atoms with Crippen molar-refractivity contribution in [1.29, 1.82) is 0 Å². The van der Waals surface area contributed by atoms with Gasteiger partial charge in [-0.2, -0.15) is 5.21 Å². The van der Waals surface area contributed by atoms with Gasteiger partial charge in [0.15, 0.2) is 11.0 Å². The van der Waals surface area contributed by atoms with Crippen molar-refractivity contribution in [2.75, 3.05) is 11.6 Å².